The highest BCUT2D eigenvalue weighted by Crippen LogP contribution is 2.25. The van der Waals surface area contributed by atoms with Crippen molar-refractivity contribution in [3.05, 3.63) is 96.1 Å². The van der Waals surface area contributed by atoms with E-state index in [4.69, 9.17) is 13.7 Å². The summed E-state index contributed by atoms with van der Waals surface area (Å²) in [7, 11) is -3.98. The molecule has 3 aromatic rings. The molecule has 1 amide bonds. The predicted octanol–water partition coefficient (Wildman–Crippen LogP) is 4.81. The summed E-state index contributed by atoms with van der Waals surface area (Å²) in [5.74, 6) is -0.719. The zero-order valence-electron chi connectivity index (χ0n) is 20.1. The van der Waals surface area contributed by atoms with Crippen LogP contribution in [0.25, 0.3) is 0 Å². The maximum Gasteiger partial charge on any atom is 0.407 e. The second-order valence-corrected chi connectivity index (χ2v) is 9.85. The number of ether oxygens (including phenoxy) is 2. The van der Waals surface area contributed by atoms with Gasteiger partial charge in [0.15, 0.2) is 0 Å². The van der Waals surface area contributed by atoms with E-state index in [0.717, 1.165) is 5.56 Å². The number of hydrogen-bond acceptors (Lipinski definition) is 7. The van der Waals surface area contributed by atoms with Crippen molar-refractivity contribution in [2.24, 2.45) is 0 Å². The standard InChI is InChI=1S/C27H29NO7S/c1-20(2)34-26(29)17-23(18-28-27(30)33-19-21-9-5-3-6-10-21)22-13-15-24(16-14-22)35-36(31,32)25-11-7-4-8-12-25/h3-16,20,23H,17-19H2,1-2H3,(H,28,30). The van der Waals surface area contributed by atoms with Gasteiger partial charge in [-0.3, -0.25) is 4.79 Å². The molecule has 3 aromatic carbocycles. The van der Waals surface area contributed by atoms with Crippen LogP contribution in [0, 0.1) is 0 Å². The van der Waals surface area contributed by atoms with Crippen LogP contribution in [0.4, 0.5) is 4.79 Å². The molecule has 0 aliphatic carbocycles. The number of benzene rings is 3. The highest BCUT2D eigenvalue weighted by molar-refractivity contribution is 7.87. The Morgan fingerprint density at radius 3 is 2.08 bits per heavy atom. The Hall–Kier alpha value is -3.85. The minimum atomic E-state index is -3.98. The Morgan fingerprint density at radius 1 is 0.861 bits per heavy atom. The number of amides is 1. The third kappa shape index (κ3) is 8.42. The van der Waals surface area contributed by atoms with Crippen molar-refractivity contribution in [3.8, 4) is 5.75 Å². The van der Waals surface area contributed by atoms with Crippen molar-refractivity contribution in [1.29, 1.82) is 0 Å². The summed E-state index contributed by atoms with van der Waals surface area (Å²) in [6.07, 6.45) is -0.879. The number of alkyl carbamates (subject to hydrolysis) is 1. The second-order valence-electron chi connectivity index (χ2n) is 8.30. The average molecular weight is 512 g/mol. The zero-order chi connectivity index (χ0) is 26.0. The molecule has 0 radical (unpaired) electrons. The Labute approximate surface area is 211 Å². The molecular formula is C27H29NO7S. The zero-order valence-corrected chi connectivity index (χ0v) is 20.9. The van der Waals surface area contributed by atoms with Crippen molar-refractivity contribution >= 4 is 22.2 Å². The number of carbonyl (C=O) groups is 2. The van der Waals surface area contributed by atoms with Gasteiger partial charge in [-0.05, 0) is 49.2 Å². The van der Waals surface area contributed by atoms with Crippen LogP contribution in [0.3, 0.4) is 0 Å². The lowest BCUT2D eigenvalue weighted by atomic mass is 9.95. The van der Waals surface area contributed by atoms with Crippen LogP contribution in [-0.2, 0) is 31.0 Å². The number of nitrogens with one attached hydrogen (secondary N) is 1. The molecule has 0 spiro atoms. The van der Waals surface area contributed by atoms with Crippen molar-refractivity contribution < 1.29 is 31.7 Å². The van der Waals surface area contributed by atoms with E-state index >= 15 is 0 Å². The molecule has 0 saturated heterocycles. The van der Waals surface area contributed by atoms with Crippen molar-refractivity contribution in [3.63, 3.8) is 0 Å². The van der Waals surface area contributed by atoms with Crippen LogP contribution < -0.4 is 9.50 Å². The van der Waals surface area contributed by atoms with Gasteiger partial charge in [-0.25, -0.2) is 4.79 Å². The third-order valence-electron chi connectivity index (χ3n) is 5.08. The molecule has 0 aliphatic heterocycles. The van der Waals surface area contributed by atoms with Crippen molar-refractivity contribution in [2.75, 3.05) is 6.54 Å². The SMILES string of the molecule is CC(C)OC(=O)CC(CNC(=O)OCc1ccccc1)c1ccc(OS(=O)(=O)c2ccccc2)cc1. The smallest absolute Gasteiger partial charge is 0.407 e. The van der Waals surface area contributed by atoms with Crippen LogP contribution in [0.1, 0.15) is 37.3 Å². The van der Waals surface area contributed by atoms with Crippen molar-refractivity contribution in [2.45, 2.75) is 43.8 Å². The molecular weight excluding hydrogens is 482 g/mol. The Morgan fingerprint density at radius 2 is 1.47 bits per heavy atom. The topological polar surface area (TPSA) is 108 Å². The molecule has 36 heavy (non-hydrogen) atoms. The molecule has 0 bridgehead atoms. The summed E-state index contributed by atoms with van der Waals surface area (Å²) in [6, 6.07) is 23.4. The normalized spacial score (nSPS) is 12.0. The molecule has 0 aromatic heterocycles. The monoisotopic (exact) mass is 511 g/mol. The molecule has 0 fully saturated rings. The summed E-state index contributed by atoms with van der Waals surface area (Å²) in [5, 5.41) is 2.69. The van der Waals surface area contributed by atoms with Gasteiger partial charge in [0.05, 0.1) is 12.5 Å². The van der Waals surface area contributed by atoms with Gasteiger partial charge < -0.3 is 19.0 Å². The van der Waals surface area contributed by atoms with E-state index < -0.39 is 28.1 Å². The third-order valence-corrected chi connectivity index (χ3v) is 6.34. The lowest BCUT2D eigenvalue weighted by Crippen LogP contribution is -2.30. The maximum atomic E-state index is 12.5. The van der Waals surface area contributed by atoms with Gasteiger partial charge >= 0.3 is 22.2 Å². The fourth-order valence-corrected chi connectivity index (χ4v) is 4.31. The molecule has 0 aliphatic rings. The molecule has 1 N–H and O–H groups in total. The number of hydrogen-bond donors (Lipinski definition) is 1. The van der Waals surface area contributed by atoms with Gasteiger partial charge in [0.2, 0.25) is 0 Å². The molecule has 0 saturated carbocycles. The minimum Gasteiger partial charge on any atom is -0.463 e. The molecule has 3 rings (SSSR count). The molecule has 0 heterocycles. The summed E-state index contributed by atoms with van der Waals surface area (Å²) in [6.45, 7) is 3.74. The first-order valence-corrected chi connectivity index (χ1v) is 12.9. The predicted molar refractivity (Wildman–Crippen MR) is 134 cm³/mol. The molecule has 1 atom stereocenters. The van der Waals surface area contributed by atoms with Crippen LogP contribution >= 0.6 is 0 Å². The summed E-state index contributed by atoms with van der Waals surface area (Å²) >= 11 is 0. The van der Waals surface area contributed by atoms with E-state index in [0.29, 0.717) is 5.56 Å². The number of carbonyl (C=O) groups excluding carboxylic acids is 2. The van der Waals surface area contributed by atoms with Crippen molar-refractivity contribution in [1.82, 2.24) is 5.32 Å². The van der Waals surface area contributed by atoms with Gasteiger partial charge in [-0.1, -0.05) is 60.7 Å². The van der Waals surface area contributed by atoms with E-state index in [1.165, 1.54) is 24.3 Å². The van der Waals surface area contributed by atoms with Crippen LogP contribution in [-0.4, -0.2) is 33.1 Å². The quantitative estimate of drug-likeness (QED) is 0.291. The highest BCUT2D eigenvalue weighted by Gasteiger charge is 2.21. The van der Waals surface area contributed by atoms with E-state index in [2.05, 4.69) is 5.32 Å². The fraction of sp³-hybridized carbons (Fsp3) is 0.259. The Bertz CT molecular complexity index is 1230. The summed E-state index contributed by atoms with van der Waals surface area (Å²) in [5.41, 5.74) is 1.55. The van der Waals surface area contributed by atoms with Gasteiger partial charge in [-0.15, -0.1) is 0 Å². The lowest BCUT2D eigenvalue weighted by Gasteiger charge is -2.19. The first kappa shape index (κ1) is 26.7. The Kier molecular flexibility index (Phi) is 9.46. The first-order valence-electron chi connectivity index (χ1n) is 11.5. The van der Waals surface area contributed by atoms with E-state index in [9.17, 15) is 18.0 Å². The summed E-state index contributed by atoms with van der Waals surface area (Å²) < 4.78 is 40.7. The molecule has 8 nitrogen and oxygen atoms in total. The lowest BCUT2D eigenvalue weighted by molar-refractivity contribution is -0.147. The molecule has 190 valence electrons. The molecule has 9 heteroatoms. The van der Waals surface area contributed by atoms with Gasteiger partial charge in [0.1, 0.15) is 17.3 Å². The van der Waals surface area contributed by atoms with Gasteiger partial charge in [0, 0.05) is 12.5 Å². The van der Waals surface area contributed by atoms with Gasteiger partial charge in [0.25, 0.3) is 0 Å². The highest BCUT2D eigenvalue weighted by atomic mass is 32.2. The van der Waals surface area contributed by atoms with Gasteiger partial charge in [-0.2, -0.15) is 8.42 Å². The Balaban J connectivity index is 1.66. The molecule has 1 unspecified atom stereocenters. The van der Waals surface area contributed by atoms with E-state index in [1.807, 2.05) is 30.3 Å². The van der Waals surface area contributed by atoms with E-state index in [-0.39, 0.29) is 36.3 Å². The van der Waals surface area contributed by atoms with Crippen LogP contribution in [0.2, 0.25) is 0 Å². The second kappa shape index (κ2) is 12.7. The minimum absolute atomic E-state index is 0.0136. The average Bonchev–Trinajstić information content (AvgIpc) is 2.86. The maximum absolute atomic E-state index is 12.5. The number of esters is 1. The fourth-order valence-electron chi connectivity index (χ4n) is 3.36. The summed E-state index contributed by atoms with van der Waals surface area (Å²) in [4.78, 5) is 24.6. The van der Waals surface area contributed by atoms with E-state index in [1.54, 1.807) is 44.2 Å². The largest absolute Gasteiger partial charge is 0.463 e. The van der Waals surface area contributed by atoms with Crippen LogP contribution in [0.15, 0.2) is 89.8 Å². The van der Waals surface area contributed by atoms with Crippen LogP contribution in [0.5, 0.6) is 5.75 Å². The number of rotatable bonds is 11. The first-order chi connectivity index (χ1) is 17.2.